The van der Waals surface area contributed by atoms with Crippen LogP contribution in [-0.4, -0.2) is 6.54 Å². The maximum atomic E-state index is 6.11. The maximum absolute atomic E-state index is 6.11. The van der Waals surface area contributed by atoms with Crippen molar-refractivity contribution in [2.75, 3.05) is 6.54 Å². The zero-order valence-corrected chi connectivity index (χ0v) is 13.6. The normalized spacial score (nSPS) is 26.6. The Morgan fingerprint density at radius 1 is 1.29 bits per heavy atom. The molecule has 2 aromatic rings. The van der Waals surface area contributed by atoms with Crippen molar-refractivity contribution in [3.63, 3.8) is 0 Å². The average Bonchev–Trinajstić information content (AvgIpc) is 2.89. The van der Waals surface area contributed by atoms with E-state index in [2.05, 4.69) is 19.9 Å². The molecule has 1 aliphatic rings. The fraction of sp³-hybridized carbons (Fsp3) is 0.556. The molecule has 0 saturated heterocycles. The van der Waals surface area contributed by atoms with Crippen molar-refractivity contribution in [3.8, 4) is 0 Å². The van der Waals surface area contributed by atoms with Gasteiger partial charge in [0.05, 0.1) is 0 Å². The lowest BCUT2D eigenvalue weighted by Crippen LogP contribution is -2.30. The number of nitrogens with two attached hydrogens (primary N) is 1. The third kappa shape index (κ3) is 2.97. The average molecular weight is 306 g/mol. The van der Waals surface area contributed by atoms with E-state index in [0.717, 1.165) is 40.1 Å². The molecule has 1 saturated carbocycles. The van der Waals surface area contributed by atoms with E-state index in [1.54, 1.807) is 0 Å². The quantitative estimate of drug-likeness (QED) is 0.846. The molecule has 0 amide bonds. The van der Waals surface area contributed by atoms with Crippen molar-refractivity contribution in [2.24, 2.45) is 23.5 Å². The van der Waals surface area contributed by atoms with Gasteiger partial charge in [-0.25, -0.2) is 0 Å². The largest absolute Gasteiger partial charge is 0.461 e. The summed E-state index contributed by atoms with van der Waals surface area (Å²) in [6.07, 6.45) is 3.69. The van der Waals surface area contributed by atoms with Gasteiger partial charge in [-0.05, 0) is 67.8 Å². The molecule has 3 heteroatoms. The Morgan fingerprint density at radius 3 is 2.81 bits per heavy atom. The lowest BCUT2D eigenvalue weighted by Gasteiger charge is -2.36. The molecular weight excluding hydrogens is 282 g/mol. The van der Waals surface area contributed by atoms with Crippen molar-refractivity contribution < 1.29 is 4.42 Å². The molecule has 0 spiro atoms. The Hall–Kier alpha value is -0.990. The van der Waals surface area contributed by atoms with Gasteiger partial charge >= 0.3 is 0 Å². The van der Waals surface area contributed by atoms with Crippen LogP contribution in [0.2, 0.25) is 5.02 Å². The molecule has 0 bridgehead atoms. The number of benzene rings is 1. The van der Waals surface area contributed by atoms with E-state index in [-0.39, 0.29) is 0 Å². The molecule has 0 aliphatic heterocycles. The lowest BCUT2D eigenvalue weighted by atomic mass is 9.70. The molecule has 3 rings (SSSR count). The third-order valence-electron chi connectivity index (χ3n) is 5.14. The Morgan fingerprint density at radius 2 is 2.10 bits per heavy atom. The molecule has 1 aromatic carbocycles. The standard InChI is InChI=1S/C18H24ClNO/c1-11(2)12-3-4-13(10-20)16(8-12)18-9-14-7-15(19)5-6-17(14)21-18/h5-7,9,11-13,16H,3-4,8,10,20H2,1-2H3. The monoisotopic (exact) mass is 305 g/mol. The summed E-state index contributed by atoms with van der Waals surface area (Å²) in [5.41, 5.74) is 6.94. The highest BCUT2D eigenvalue weighted by molar-refractivity contribution is 6.31. The topological polar surface area (TPSA) is 39.2 Å². The van der Waals surface area contributed by atoms with Crippen LogP contribution in [0.4, 0.5) is 0 Å². The molecule has 1 fully saturated rings. The zero-order valence-electron chi connectivity index (χ0n) is 12.8. The number of fused-ring (bicyclic) bond motifs is 1. The van der Waals surface area contributed by atoms with E-state index in [0.29, 0.717) is 11.8 Å². The number of halogens is 1. The first-order valence-electron chi connectivity index (χ1n) is 7.97. The van der Waals surface area contributed by atoms with Gasteiger partial charge in [0.2, 0.25) is 0 Å². The number of hydrogen-bond donors (Lipinski definition) is 1. The summed E-state index contributed by atoms with van der Waals surface area (Å²) in [6.45, 7) is 5.39. The first-order chi connectivity index (χ1) is 10.1. The van der Waals surface area contributed by atoms with Crippen LogP contribution >= 0.6 is 11.6 Å². The Bertz CT molecular complexity index is 619. The van der Waals surface area contributed by atoms with Crippen LogP contribution in [0.15, 0.2) is 28.7 Å². The molecule has 3 unspecified atom stereocenters. The zero-order chi connectivity index (χ0) is 15.0. The predicted octanol–water partition coefficient (Wildman–Crippen LogP) is 5.20. The summed E-state index contributed by atoms with van der Waals surface area (Å²) in [6, 6.07) is 7.98. The van der Waals surface area contributed by atoms with E-state index >= 15 is 0 Å². The van der Waals surface area contributed by atoms with Crippen LogP contribution in [0.3, 0.4) is 0 Å². The van der Waals surface area contributed by atoms with Crippen molar-refractivity contribution in [1.29, 1.82) is 0 Å². The predicted molar refractivity (Wildman–Crippen MR) is 88.7 cm³/mol. The van der Waals surface area contributed by atoms with Gasteiger partial charge in [-0.2, -0.15) is 0 Å². The fourth-order valence-electron chi connectivity index (χ4n) is 3.72. The molecule has 21 heavy (non-hydrogen) atoms. The van der Waals surface area contributed by atoms with Gasteiger partial charge in [-0.3, -0.25) is 0 Å². The second-order valence-electron chi connectivity index (χ2n) is 6.75. The molecule has 2 N–H and O–H groups in total. The Kier molecular flexibility index (Phi) is 4.28. The first-order valence-corrected chi connectivity index (χ1v) is 8.35. The van der Waals surface area contributed by atoms with Crippen molar-refractivity contribution in [1.82, 2.24) is 0 Å². The number of hydrogen-bond acceptors (Lipinski definition) is 2. The molecule has 1 aliphatic carbocycles. The second kappa shape index (κ2) is 6.02. The van der Waals surface area contributed by atoms with E-state index in [9.17, 15) is 0 Å². The minimum atomic E-state index is 0.447. The van der Waals surface area contributed by atoms with E-state index in [1.807, 2.05) is 18.2 Å². The van der Waals surface area contributed by atoms with Gasteiger partial charge < -0.3 is 10.2 Å². The number of rotatable bonds is 3. The van der Waals surface area contributed by atoms with E-state index < -0.39 is 0 Å². The van der Waals surface area contributed by atoms with Gasteiger partial charge in [0, 0.05) is 16.3 Å². The lowest BCUT2D eigenvalue weighted by molar-refractivity contribution is 0.183. The summed E-state index contributed by atoms with van der Waals surface area (Å²) in [7, 11) is 0. The molecule has 114 valence electrons. The molecule has 3 atom stereocenters. The van der Waals surface area contributed by atoms with Crippen molar-refractivity contribution >= 4 is 22.6 Å². The van der Waals surface area contributed by atoms with E-state index in [4.69, 9.17) is 21.8 Å². The van der Waals surface area contributed by atoms with Crippen LogP contribution < -0.4 is 5.73 Å². The van der Waals surface area contributed by atoms with Gasteiger partial charge in [0.1, 0.15) is 11.3 Å². The second-order valence-corrected chi connectivity index (χ2v) is 7.19. The van der Waals surface area contributed by atoms with E-state index in [1.165, 1.54) is 19.3 Å². The Labute approximate surface area is 131 Å². The summed E-state index contributed by atoms with van der Waals surface area (Å²) < 4.78 is 6.11. The highest BCUT2D eigenvalue weighted by Crippen LogP contribution is 2.44. The fourth-order valence-corrected chi connectivity index (χ4v) is 3.90. The Balaban J connectivity index is 1.93. The summed E-state index contributed by atoms with van der Waals surface area (Å²) >= 11 is 6.07. The van der Waals surface area contributed by atoms with Gasteiger partial charge in [-0.15, -0.1) is 0 Å². The molecule has 0 radical (unpaired) electrons. The summed E-state index contributed by atoms with van der Waals surface area (Å²) in [4.78, 5) is 0. The van der Waals surface area contributed by atoms with Crippen molar-refractivity contribution in [3.05, 3.63) is 35.0 Å². The maximum Gasteiger partial charge on any atom is 0.134 e. The van der Waals surface area contributed by atoms with Gasteiger partial charge in [-0.1, -0.05) is 25.4 Å². The highest BCUT2D eigenvalue weighted by Gasteiger charge is 2.33. The van der Waals surface area contributed by atoms with Crippen LogP contribution in [0.25, 0.3) is 11.0 Å². The molecule has 1 aromatic heterocycles. The highest BCUT2D eigenvalue weighted by atomic mass is 35.5. The first kappa shape index (κ1) is 14.9. The van der Waals surface area contributed by atoms with Crippen LogP contribution in [0.1, 0.15) is 44.8 Å². The number of furan rings is 1. The van der Waals surface area contributed by atoms with Gasteiger partial charge in [0.15, 0.2) is 0 Å². The van der Waals surface area contributed by atoms with Crippen molar-refractivity contribution in [2.45, 2.75) is 39.0 Å². The van der Waals surface area contributed by atoms with Crippen LogP contribution in [0, 0.1) is 17.8 Å². The van der Waals surface area contributed by atoms with Gasteiger partial charge in [0.25, 0.3) is 0 Å². The third-order valence-corrected chi connectivity index (χ3v) is 5.38. The summed E-state index contributed by atoms with van der Waals surface area (Å²) in [5.74, 6) is 3.58. The van der Waals surface area contributed by atoms with Crippen LogP contribution in [-0.2, 0) is 0 Å². The molecule has 2 nitrogen and oxygen atoms in total. The van der Waals surface area contributed by atoms with Crippen LogP contribution in [0.5, 0.6) is 0 Å². The smallest absolute Gasteiger partial charge is 0.134 e. The summed E-state index contributed by atoms with van der Waals surface area (Å²) in [5, 5.41) is 1.86. The minimum absolute atomic E-state index is 0.447. The molecule has 1 heterocycles. The minimum Gasteiger partial charge on any atom is -0.461 e. The molecular formula is C18H24ClNO. The SMILES string of the molecule is CC(C)C1CCC(CN)C(c2cc3cc(Cl)ccc3o2)C1.